The van der Waals surface area contributed by atoms with Gasteiger partial charge >= 0.3 is 0 Å². The Bertz CT molecular complexity index is 1080. The molecular formula is C21H16BrFN2O4. The molecule has 0 radical (unpaired) electrons. The molecule has 1 unspecified atom stereocenters. The number of aromatic nitrogens is 1. The van der Waals surface area contributed by atoms with Crippen molar-refractivity contribution in [2.45, 2.75) is 13.0 Å². The number of hydrogen-bond donors (Lipinski definition) is 1. The molecular weight excluding hydrogens is 443 g/mol. The number of benzene rings is 2. The van der Waals surface area contributed by atoms with Crippen LogP contribution in [0.3, 0.4) is 0 Å². The number of carbonyl (C=O) groups is 1. The Kier molecular flexibility index (Phi) is 5.35. The zero-order valence-electron chi connectivity index (χ0n) is 15.3. The highest BCUT2D eigenvalue weighted by Gasteiger charge is 2.20. The lowest BCUT2D eigenvalue weighted by molar-refractivity contribution is 0.0936. The minimum atomic E-state index is -0.402. The number of halogens is 2. The molecule has 0 saturated heterocycles. The molecule has 2 aromatic carbocycles. The predicted molar refractivity (Wildman–Crippen MR) is 107 cm³/mol. The zero-order chi connectivity index (χ0) is 20.4. The van der Waals surface area contributed by atoms with E-state index in [4.69, 9.17) is 14.2 Å². The number of nitrogens with one attached hydrogen (secondary N) is 1. The Labute approximate surface area is 174 Å². The summed E-state index contributed by atoms with van der Waals surface area (Å²) in [7, 11) is 0. The third-order valence-corrected chi connectivity index (χ3v) is 4.98. The van der Waals surface area contributed by atoms with Crippen LogP contribution in [0.2, 0.25) is 0 Å². The molecule has 1 aromatic heterocycles. The predicted octanol–water partition coefficient (Wildman–Crippen LogP) is 5.00. The molecule has 0 spiro atoms. The number of carbonyl (C=O) groups excluding carboxylic acids is 1. The highest BCUT2D eigenvalue weighted by molar-refractivity contribution is 9.10. The fourth-order valence-electron chi connectivity index (χ4n) is 2.85. The maximum atomic E-state index is 13.3. The van der Waals surface area contributed by atoms with Gasteiger partial charge in [-0.15, -0.1) is 0 Å². The molecule has 0 saturated carbocycles. The molecule has 1 atom stereocenters. The molecule has 1 amide bonds. The van der Waals surface area contributed by atoms with Crippen LogP contribution >= 0.6 is 15.9 Å². The van der Waals surface area contributed by atoms with E-state index in [9.17, 15) is 9.18 Å². The van der Waals surface area contributed by atoms with Crippen molar-refractivity contribution >= 4 is 21.8 Å². The first-order valence-electron chi connectivity index (χ1n) is 8.79. The van der Waals surface area contributed by atoms with Gasteiger partial charge < -0.3 is 19.5 Å². The van der Waals surface area contributed by atoms with Crippen LogP contribution in [-0.2, 0) is 0 Å². The Hall–Kier alpha value is -3.13. The van der Waals surface area contributed by atoms with Crippen molar-refractivity contribution in [3.63, 3.8) is 0 Å². The first-order chi connectivity index (χ1) is 14.0. The summed E-state index contributed by atoms with van der Waals surface area (Å²) in [4.78, 5) is 17.0. The van der Waals surface area contributed by atoms with Gasteiger partial charge in [-0.1, -0.05) is 6.07 Å². The van der Waals surface area contributed by atoms with E-state index >= 15 is 0 Å². The van der Waals surface area contributed by atoms with E-state index in [0.717, 1.165) is 5.56 Å². The first kappa shape index (κ1) is 19.2. The van der Waals surface area contributed by atoms with Gasteiger partial charge in [0.1, 0.15) is 17.1 Å². The van der Waals surface area contributed by atoms with Crippen LogP contribution in [0.1, 0.15) is 28.9 Å². The Morgan fingerprint density at radius 3 is 2.86 bits per heavy atom. The molecule has 6 nitrogen and oxygen atoms in total. The van der Waals surface area contributed by atoms with Crippen molar-refractivity contribution in [3.05, 3.63) is 76.1 Å². The largest absolute Gasteiger partial charge is 0.454 e. The second kappa shape index (κ2) is 8.08. The van der Waals surface area contributed by atoms with Crippen LogP contribution in [0, 0.1) is 5.82 Å². The summed E-state index contributed by atoms with van der Waals surface area (Å²) in [5.41, 5.74) is 1.13. The molecule has 29 heavy (non-hydrogen) atoms. The quantitative estimate of drug-likeness (QED) is 0.582. The van der Waals surface area contributed by atoms with Crippen molar-refractivity contribution in [3.8, 4) is 23.1 Å². The van der Waals surface area contributed by atoms with E-state index < -0.39 is 5.82 Å². The van der Waals surface area contributed by atoms with Crippen LogP contribution in [0.5, 0.6) is 23.1 Å². The maximum Gasteiger partial charge on any atom is 0.257 e. The minimum absolute atomic E-state index is 0.121. The second-order valence-corrected chi connectivity index (χ2v) is 7.20. The summed E-state index contributed by atoms with van der Waals surface area (Å²) in [6.07, 6.45) is 1.52. The van der Waals surface area contributed by atoms with Crippen molar-refractivity contribution in [2.24, 2.45) is 0 Å². The molecule has 1 aliphatic heterocycles. The average Bonchev–Trinajstić information content (AvgIpc) is 3.18. The fourth-order valence-corrected chi connectivity index (χ4v) is 3.28. The fraction of sp³-hybridized carbons (Fsp3) is 0.143. The molecule has 148 valence electrons. The van der Waals surface area contributed by atoms with E-state index in [1.807, 2.05) is 25.1 Å². The SMILES string of the molecule is CC(NC(=O)c1cccnc1Oc1ccc(F)cc1Br)c1ccc2c(c1)OCO2. The third kappa shape index (κ3) is 4.17. The molecule has 0 bridgehead atoms. The standard InChI is InChI=1S/C21H16BrFN2O4/c1-12(13-4-6-18-19(9-13)28-11-27-18)25-20(26)15-3-2-8-24-21(15)29-17-7-5-14(23)10-16(17)22/h2-10,12H,11H2,1H3,(H,25,26). The number of nitrogens with zero attached hydrogens (tertiary/aromatic N) is 1. The van der Waals surface area contributed by atoms with Gasteiger partial charge in [-0.2, -0.15) is 0 Å². The van der Waals surface area contributed by atoms with Crippen LogP contribution in [0.15, 0.2) is 59.2 Å². The normalized spacial score (nSPS) is 13.1. The first-order valence-corrected chi connectivity index (χ1v) is 9.59. The Morgan fingerprint density at radius 1 is 1.21 bits per heavy atom. The number of amides is 1. The van der Waals surface area contributed by atoms with E-state index in [1.54, 1.807) is 12.1 Å². The molecule has 1 N–H and O–H groups in total. The highest BCUT2D eigenvalue weighted by atomic mass is 79.9. The van der Waals surface area contributed by atoms with Crippen molar-refractivity contribution in [1.29, 1.82) is 0 Å². The number of pyridine rings is 1. The molecule has 3 aromatic rings. The molecule has 2 heterocycles. The van der Waals surface area contributed by atoms with Gasteiger partial charge in [-0.25, -0.2) is 9.37 Å². The van der Waals surface area contributed by atoms with Crippen molar-refractivity contribution in [2.75, 3.05) is 6.79 Å². The van der Waals surface area contributed by atoms with E-state index in [0.29, 0.717) is 21.7 Å². The lowest BCUT2D eigenvalue weighted by atomic mass is 10.1. The molecule has 0 aliphatic carbocycles. The molecule has 8 heteroatoms. The minimum Gasteiger partial charge on any atom is -0.454 e. The Balaban J connectivity index is 1.53. The summed E-state index contributed by atoms with van der Waals surface area (Å²) in [6.45, 7) is 2.05. The van der Waals surface area contributed by atoms with E-state index in [2.05, 4.69) is 26.2 Å². The number of ether oxygens (including phenoxy) is 3. The summed E-state index contributed by atoms with van der Waals surface area (Å²) < 4.78 is 30.2. The second-order valence-electron chi connectivity index (χ2n) is 6.34. The van der Waals surface area contributed by atoms with Gasteiger partial charge in [0.15, 0.2) is 11.5 Å². The van der Waals surface area contributed by atoms with E-state index in [1.165, 1.54) is 24.4 Å². The zero-order valence-corrected chi connectivity index (χ0v) is 16.9. The monoisotopic (exact) mass is 458 g/mol. The van der Waals surface area contributed by atoms with Gasteiger partial charge in [-0.3, -0.25) is 4.79 Å². The van der Waals surface area contributed by atoms with Gasteiger partial charge in [0.05, 0.1) is 10.5 Å². The third-order valence-electron chi connectivity index (χ3n) is 4.36. The van der Waals surface area contributed by atoms with Gasteiger partial charge in [0.2, 0.25) is 12.7 Å². The highest BCUT2D eigenvalue weighted by Crippen LogP contribution is 2.34. The summed E-state index contributed by atoms with van der Waals surface area (Å²) >= 11 is 3.25. The number of hydrogen-bond acceptors (Lipinski definition) is 5. The molecule has 0 fully saturated rings. The Morgan fingerprint density at radius 2 is 2.03 bits per heavy atom. The van der Waals surface area contributed by atoms with Gasteiger partial charge in [0, 0.05) is 6.20 Å². The summed E-state index contributed by atoms with van der Waals surface area (Å²) in [5.74, 6) is 1.05. The van der Waals surface area contributed by atoms with Crippen LogP contribution in [-0.4, -0.2) is 17.7 Å². The summed E-state index contributed by atoms with van der Waals surface area (Å²) in [6, 6.07) is 12.5. The average molecular weight is 459 g/mol. The van der Waals surface area contributed by atoms with Crippen molar-refractivity contribution < 1.29 is 23.4 Å². The lowest BCUT2D eigenvalue weighted by Crippen LogP contribution is -2.27. The van der Waals surface area contributed by atoms with Crippen LogP contribution < -0.4 is 19.5 Å². The topological polar surface area (TPSA) is 69.7 Å². The number of rotatable bonds is 5. The molecule has 1 aliphatic rings. The van der Waals surface area contributed by atoms with Crippen molar-refractivity contribution in [1.82, 2.24) is 10.3 Å². The van der Waals surface area contributed by atoms with Crippen LogP contribution in [0.25, 0.3) is 0 Å². The maximum absolute atomic E-state index is 13.3. The smallest absolute Gasteiger partial charge is 0.257 e. The van der Waals surface area contributed by atoms with Gasteiger partial charge in [0.25, 0.3) is 5.91 Å². The van der Waals surface area contributed by atoms with Crippen LogP contribution in [0.4, 0.5) is 4.39 Å². The van der Waals surface area contributed by atoms with Gasteiger partial charge in [-0.05, 0) is 70.9 Å². The molecule has 4 rings (SSSR count). The lowest BCUT2D eigenvalue weighted by Gasteiger charge is -2.16. The number of fused-ring (bicyclic) bond motifs is 1. The summed E-state index contributed by atoms with van der Waals surface area (Å²) in [5, 5.41) is 2.93. The van der Waals surface area contributed by atoms with E-state index in [-0.39, 0.29) is 30.2 Å².